The van der Waals surface area contributed by atoms with Crippen molar-refractivity contribution in [1.82, 2.24) is 10.2 Å². The smallest absolute Gasteiger partial charge is 0.243 e. The molecule has 4 heteroatoms. The second-order valence-corrected chi connectivity index (χ2v) is 6.68. The predicted molar refractivity (Wildman–Crippen MR) is 85.2 cm³/mol. The molecule has 1 aliphatic carbocycles. The average molecular weight is 300 g/mol. The van der Waals surface area contributed by atoms with Crippen molar-refractivity contribution >= 4 is 11.8 Å². The van der Waals surface area contributed by atoms with Gasteiger partial charge in [0.2, 0.25) is 11.8 Å². The van der Waals surface area contributed by atoms with Gasteiger partial charge in [0.1, 0.15) is 6.04 Å². The maximum atomic E-state index is 12.8. The van der Waals surface area contributed by atoms with Crippen LogP contribution in [0.1, 0.15) is 50.3 Å². The van der Waals surface area contributed by atoms with E-state index in [2.05, 4.69) is 17.4 Å². The van der Waals surface area contributed by atoms with Crippen molar-refractivity contribution in [3.8, 4) is 0 Å². The van der Waals surface area contributed by atoms with Crippen molar-refractivity contribution in [2.24, 2.45) is 5.92 Å². The van der Waals surface area contributed by atoms with Gasteiger partial charge in [0.15, 0.2) is 0 Å². The van der Waals surface area contributed by atoms with Crippen LogP contribution in [-0.2, 0) is 16.0 Å². The van der Waals surface area contributed by atoms with E-state index in [4.69, 9.17) is 0 Å². The summed E-state index contributed by atoms with van der Waals surface area (Å²) < 4.78 is 0. The number of nitrogens with one attached hydrogen (secondary N) is 1. The van der Waals surface area contributed by atoms with Crippen LogP contribution in [-0.4, -0.2) is 29.3 Å². The summed E-state index contributed by atoms with van der Waals surface area (Å²) in [6.07, 6.45) is 3.39. The first kappa shape index (κ1) is 15.1. The van der Waals surface area contributed by atoms with Crippen LogP contribution in [0.4, 0.5) is 0 Å². The third-order valence-electron chi connectivity index (χ3n) is 4.80. The Morgan fingerprint density at radius 3 is 2.73 bits per heavy atom. The molecular formula is C18H24N2O2. The molecule has 2 atom stereocenters. The van der Waals surface area contributed by atoms with Gasteiger partial charge in [-0.2, -0.15) is 0 Å². The molecule has 1 heterocycles. The van der Waals surface area contributed by atoms with E-state index < -0.39 is 0 Å². The Bertz CT molecular complexity index is 582. The van der Waals surface area contributed by atoms with Crippen LogP contribution in [0.2, 0.25) is 0 Å². The van der Waals surface area contributed by atoms with E-state index in [1.807, 2.05) is 26.0 Å². The highest BCUT2D eigenvalue weighted by molar-refractivity contribution is 5.89. The number of rotatable bonds is 4. The van der Waals surface area contributed by atoms with Crippen LogP contribution in [0, 0.1) is 5.92 Å². The van der Waals surface area contributed by atoms with E-state index in [-0.39, 0.29) is 29.8 Å². The Labute approximate surface area is 131 Å². The molecule has 3 rings (SSSR count). The lowest BCUT2D eigenvalue weighted by Crippen LogP contribution is -2.50. The maximum absolute atomic E-state index is 12.8. The van der Waals surface area contributed by atoms with E-state index >= 15 is 0 Å². The maximum Gasteiger partial charge on any atom is 0.243 e. The van der Waals surface area contributed by atoms with Gasteiger partial charge in [-0.3, -0.25) is 9.59 Å². The lowest BCUT2D eigenvalue weighted by Gasteiger charge is -2.31. The Balaban J connectivity index is 1.74. The molecule has 2 amide bonds. The predicted octanol–water partition coefficient (Wildman–Crippen LogP) is 2.44. The van der Waals surface area contributed by atoms with Crippen molar-refractivity contribution in [3.05, 3.63) is 35.4 Å². The highest BCUT2D eigenvalue weighted by Gasteiger charge is 2.36. The minimum Gasteiger partial charge on any atom is -0.347 e. The van der Waals surface area contributed by atoms with Crippen LogP contribution in [0.5, 0.6) is 0 Å². The Morgan fingerprint density at radius 1 is 1.27 bits per heavy atom. The lowest BCUT2D eigenvalue weighted by molar-refractivity contribution is -0.139. The molecule has 0 aromatic heterocycles. The summed E-state index contributed by atoms with van der Waals surface area (Å²) in [7, 11) is 0. The van der Waals surface area contributed by atoms with Gasteiger partial charge in [-0.05, 0) is 36.3 Å². The number of carbonyl (C=O) groups excluding carboxylic acids is 2. The highest BCUT2D eigenvalue weighted by Crippen LogP contribution is 2.31. The zero-order valence-corrected chi connectivity index (χ0v) is 13.3. The summed E-state index contributed by atoms with van der Waals surface area (Å²) in [6, 6.07) is 8.03. The van der Waals surface area contributed by atoms with Gasteiger partial charge in [-0.15, -0.1) is 0 Å². The molecule has 0 unspecified atom stereocenters. The van der Waals surface area contributed by atoms with E-state index in [0.29, 0.717) is 13.0 Å². The summed E-state index contributed by atoms with van der Waals surface area (Å²) in [4.78, 5) is 26.5. The molecule has 0 spiro atoms. The number of amides is 2. The molecule has 2 aliphatic rings. The fraction of sp³-hybridized carbons (Fsp3) is 0.556. The molecular weight excluding hydrogens is 276 g/mol. The third-order valence-corrected chi connectivity index (χ3v) is 4.80. The summed E-state index contributed by atoms with van der Waals surface area (Å²) in [5.41, 5.74) is 2.55. The van der Waals surface area contributed by atoms with Crippen LogP contribution in [0.3, 0.4) is 0 Å². The molecule has 0 bridgehead atoms. The summed E-state index contributed by atoms with van der Waals surface area (Å²) in [6.45, 7) is 4.73. The van der Waals surface area contributed by atoms with Crippen LogP contribution >= 0.6 is 0 Å². The van der Waals surface area contributed by atoms with Gasteiger partial charge in [-0.1, -0.05) is 38.1 Å². The van der Waals surface area contributed by atoms with E-state index in [1.54, 1.807) is 4.90 Å². The Hall–Kier alpha value is -1.84. The highest BCUT2D eigenvalue weighted by atomic mass is 16.2. The number of nitrogens with zero attached hydrogens (tertiary/aromatic N) is 1. The molecule has 0 radical (unpaired) electrons. The standard InChI is InChI=1S/C18H24N2O2/c1-12(2)17(20-11-5-8-16(20)21)18(22)19-15-10-9-13-6-3-4-7-14(13)15/h3-4,6-7,12,15,17H,5,8-11H2,1-2H3,(H,19,22)/t15-,17+/m0/s1. The number of carbonyl (C=O) groups is 2. The van der Waals surface area contributed by atoms with Crippen molar-refractivity contribution in [2.45, 2.75) is 51.6 Å². The van der Waals surface area contributed by atoms with Gasteiger partial charge in [0.25, 0.3) is 0 Å². The van der Waals surface area contributed by atoms with Gasteiger partial charge in [-0.25, -0.2) is 0 Å². The lowest BCUT2D eigenvalue weighted by atomic mass is 10.0. The molecule has 0 saturated carbocycles. The minimum atomic E-state index is -0.345. The van der Waals surface area contributed by atoms with E-state index in [9.17, 15) is 9.59 Å². The molecule has 1 saturated heterocycles. The van der Waals surface area contributed by atoms with Gasteiger partial charge >= 0.3 is 0 Å². The second-order valence-electron chi connectivity index (χ2n) is 6.68. The quantitative estimate of drug-likeness (QED) is 0.928. The molecule has 1 aliphatic heterocycles. The molecule has 1 aromatic carbocycles. The van der Waals surface area contributed by atoms with Gasteiger partial charge < -0.3 is 10.2 Å². The van der Waals surface area contributed by atoms with Crippen molar-refractivity contribution in [3.63, 3.8) is 0 Å². The zero-order valence-electron chi connectivity index (χ0n) is 13.3. The first-order chi connectivity index (χ1) is 10.6. The van der Waals surface area contributed by atoms with E-state index in [1.165, 1.54) is 11.1 Å². The van der Waals surface area contributed by atoms with Crippen LogP contribution in [0.15, 0.2) is 24.3 Å². The number of hydrogen-bond acceptors (Lipinski definition) is 2. The normalized spacial score (nSPS) is 22.0. The van der Waals surface area contributed by atoms with E-state index in [0.717, 1.165) is 19.3 Å². The fourth-order valence-electron chi connectivity index (χ4n) is 3.73. The SMILES string of the molecule is CC(C)[C@H](C(=O)N[C@H]1CCc2ccccc21)N1CCCC1=O. The van der Waals surface area contributed by atoms with Crippen LogP contribution in [0.25, 0.3) is 0 Å². The number of aryl methyl sites for hydroxylation is 1. The largest absolute Gasteiger partial charge is 0.347 e. The summed E-state index contributed by atoms with van der Waals surface area (Å²) >= 11 is 0. The monoisotopic (exact) mass is 300 g/mol. The van der Waals surface area contributed by atoms with Gasteiger partial charge in [0.05, 0.1) is 6.04 Å². The topological polar surface area (TPSA) is 49.4 Å². The minimum absolute atomic E-state index is 0.00745. The fourth-order valence-corrected chi connectivity index (χ4v) is 3.73. The molecule has 1 N–H and O–H groups in total. The first-order valence-corrected chi connectivity index (χ1v) is 8.25. The molecule has 118 valence electrons. The summed E-state index contributed by atoms with van der Waals surface area (Å²) in [5, 5.41) is 3.18. The molecule has 1 aromatic rings. The molecule has 22 heavy (non-hydrogen) atoms. The second kappa shape index (κ2) is 6.11. The number of benzene rings is 1. The van der Waals surface area contributed by atoms with Crippen molar-refractivity contribution in [2.75, 3.05) is 6.54 Å². The van der Waals surface area contributed by atoms with Crippen molar-refractivity contribution in [1.29, 1.82) is 0 Å². The average Bonchev–Trinajstić information content (AvgIpc) is 3.07. The molecule has 1 fully saturated rings. The number of fused-ring (bicyclic) bond motifs is 1. The number of hydrogen-bond donors (Lipinski definition) is 1. The van der Waals surface area contributed by atoms with Crippen molar-refractivity contribution < 1.29 is 9.59 Å². The van der Waals surface area contributed by atoms with Crippen LogP contribution < -0.4 is 5.32 Å². The molecule has 4 nitrogen and oxygen atoms in total. The first-order valence-electron chi connectivity index (χ1n) is 8.25. The van der Waals surface area contributed by atoms with Gasteiger partial charge in [0, 0.05) is 13.0 Å². The number of likely N-dealkylation sites (tertiary alicyclic amines) is 1. The zero-order chi connectivity index (χ0) is 15.7. The Kier molecular flexibility index (Phi) is 4.19. The Morgan fingerprint density at radius 2 is 2.05 bits per heavy atom. The third kappa shape index (κ3) is 2.74. The summed E-state index contributed by atoms with van der Waals surface area (Å²) in [5.74, 6) is 0.228.